The summed E-state index contributed by atoms with van der Waals surface area (Å²) in [5.41, 5.74) is 1.66. The molecule has 5 heteroatoms. The zero-order chi connectivity index (χ0) is 13.8. The van der Waals surface area contributed by atoms with Gasteiger partial charge in [0.2, 0.25) is 0 Å². The van der Waals surface area contributed by atoms with Crippen LogP contribution in [0.3, 0.4) is 0 Å². The Hall–Kier alpha value is -0.840. The largest absolute Gasteiger partial charge is 0.352 e. The Morgan fingerprint density at radius 2 is 2.16 bits per heavy atom. The lowest BCUT2D eigenvalue weighted by molar-refractivity contribution is 0.0953. The summed E-state index contributed by atoms with van der Waals surface area (Å²) < 4.78 is 1.73. The van der Waals surface area contributed by atoms with Crippen molar-refractivity contribution in [2.45, 2.75) is 13.3 Å². The van der Waals surface area contributed by atoms with Crippen molar-refractivity contribution in [1.82, 2.24) is 5.32 Å². The second-order valence-electron chi connectivity index (χ2n) is 4.12. The molecule has 0 bridgehead atoms. The fourth-order valence-electron chi connectivity index (χ4n) is 1.73. The molecule has 2 aromatic rings. The predicted octanol–water partition coefficient (Wildman–Crippen LogP) is 4.44. The van der Waals surface area contributed by atoms with E-state index in [2.05, 4.69) is 21.2 Å². The van der Waals surface area contributed by atoms with Crippen LogP contribution in [0.4, 0.5) is 0 Å². The van der Waals surface area contributed by atoms with E-state index in [1.54, 1.807) is 11.3 Å². The van der Waals surface area contributed by atoms with E-state index in [9.17, 15) is 4.79 Å². The van der Waals surface area contributed by atoms with Crippen LogP contribution in [-0.4, -0.2) is 12.5 Å². The Bertz CT molecular complexity index is 597. The first-order chi connectivity index (χ1) is 9.08. The lowest BCUT2D eigenvalue weighted by Gasteiger charge is -2.08. The van der Waals surface area contributed by atoms with E-state index in [0.29, 0.717) is 12.1 Å². The van der Waals surface area contributed by atoms with Gasteiger partial charge in [0.1, 0.15) is 0 Å². The van der Waals surface area contributed by atoms with Crippen LogP contribution in [0.15, 0.2) is 34.8 Å². The SMILES string of the molecule is Cc1c(Br)cccc1C(=O)NCCc1ccc(Cl)s1. The molecule has 0 aliphatic carbocycles. The summed E-state index contributed by atoms with van der Waals surface area (Å²) in [7, 11) is 0. The van der Waals surface area contributed by atoms with Gasteiger partial charge >= 0.3 is 0 Å². The van der Waals surface area contributed by atoms with Gasteiger partial charge in [-0.2, -0.15) is 0 Å². The quantitative estimate of drug-likeness (QED) is 0.860. The van der Waals surface area contributed by atoms with Crippen LogP contribution in [0, 0.1) is 6.92 Å². The first-order valence-corrected chi connectivity index (χ1v) is 7.84. The van der Waals surface area contributed by atoms with Crippen LogP contribution < -0.4 is 5.32 Å². The molecule has 0 atom stereocenters. The molecule has 19 heavy (non-hydrogen) atoms. The molecule has 1 heterocycles. The minimum atomic E-state index is -0.0403. The van der Waals surface area contributed by atoms with Crippen LogP contribution in [0.5, 0.6) is 0 Å². The maximum absolute atomic E-state index is 12.1. The molecular weight excluding hydrogens is 346 g/mol. The van der Waals surface area contributed by atoms with E-state index in [0.717, 1.165) is 20.8 Å². The number of carbonyl (C=O) groups excluding carboxylic acids is 1. The van der Waals surface area contributed by atoms with Gasteiger partial charge in [0.25, 0.3) is 5.91 Å². The van der Waals surface area contributed by atoms with Crippen molar-refractivity contribution in [2.75, 3.05) is 6.54 Å². The predicted molar refractivity (Wildman–Crippen MR) is 84.2 cm³/mol. The maximum atomic E-state index is 12.1. The standard InChI is InChI=1S/C14H13BrClNOS/c1-9-11(3-2-4-12(9)15)14(18)17-8-7-10-5-6-13(16)19-10/h2-6H,7-8H2,1H3,(H,17,18). The van der Waals surface area contributed by atoms with Crippen molar-refractivity contribution < 1.29 is 4.79 Å². The van der Waals surface area contributed by atoms with Crippen LogP contribution in [0.2, 0.25) is 4.34 Å². The Balaban J connectivity index is 1.93. The Morgan fingerprint density at radius 3 is 2.84 bits per heavy atom. The highest BCUT2D eigenvalue weighted by molar-refractivity contribution is 9.10. The van der Waals surface area contributed by atoms with Crippen molar-refractivity contribution in [3.05, 3.63) is 55.1 Å². The van der Waals surface area contributed by atoms with Crippen LogP contribution >= 0.6 is 38.9 Å². The molecule has 2 nitrogen and oxygen atoms in total. The fourth-order valence-corrected chi connectivity index (χ4v) is 3.19. The van der Waals surface area contributed by atoms with Gasteiger partial charge in [-0.1, -0.05) is 33.6 Å². The Kier molecular flexibility index (Phi) is 5.02. The lowest BCUT2D eigenvalue weighted by Crippen LogP contribution is -2.26. The number of rotatable bonds is 4. The minimum Gasteiger partial charge on any atom is -0.352 e. The smallest absolute Gasteiger partial charge is 0.251 e. The van der Waals surface area contributed by atoms with Gasteiger partial charge in [-0.15, -0.1) is 11.3 Å². The van der Waals surface area contributed by atoms with E-state index in [1.165, 1.54) is 4.88 Å². The summed E-state index contributed by atoms with van der Waals surface area (Å²) in [6.45, 7) is 2.54. The number of thiophene rings is 1. The second-order valence-corrected chi connectivity index (χ2v) is 6.78. The molecule has 0 radical (unpaired) electrons. The molecule has 1 N–H and O–H groups in total. The minimum absolute atomic E-state index is 0.0403. The van der Waals surface area contributed by atoms with E-state index in [1.807, 2.05) is 37.3 Å². The van der Waals surface area contributed by atoms with Gasteiger partial charge in [-0.25, -0.2) is 0 Å². The van der Waals surface area contributed by atoms with Gasteiger partial charge in [-0.05, 0) is 43.2 Å². The summed E-state index contributed by atoms with van der Waals surface area (Å²) in [6.07, 6.45) is 0.802. The molecule has 1 amide bonds. The van der Waals surface area contributed by atoms with Crippen molar-refractivity contribution in [1.29, 1.82) is 0 Å². The number of hydrogen-bond acceptors (Lipinski definition) is 2. The summed E-state index contributed by atoms with van der Waals surface area (Å²) in [5, 5.41) is 2.93. The van der Waals surface area contributed by atoms with Gasteiger partial charge in [0.05, 0.1) is 4.34 Å². The van der Waals surface area contributed by atoms with Gasteiger partial charge in [0.15, 0.2) is 0 Å². The molecule has 0 unspecified atom stereocenters. The molecule has 0 aliphatic heterocycles. The normalized spacial score (nSPS) is 10.5. The van der Waals surface area contributed by atoms with Gasteiger partial charge in [-0.3, -0.25) is 4.79 Å². The molecule has 0 saturated carbocycles. The molecule has 2 rings (SSSR count). The molecule has 0 aliphatic rings. The third-order valence-corrected chi connectivity index (χ3v) is 4.95. The highest BCUT2D eigenvalue weighted by Crippen LogP contribution is 2.22. The molecular formula is C14H13BrClNOS. The number of nitrogens with one attached hydrogen (secondary N) is 1. The third kappa shape index (κ3) is 3.81. The topological polar surface area (TPSA) is 29.1 Å². The third-order valence-electron chi connectivity index (χ3n) is 2.80. The van der Waals surface area contributed by atoms with Crippen molar-refractivity contribution in [3.8, 4) is 0 Å². The van der Waals surface area contributed by atoms with Crippen LogP contribution in [0.25, 0.3) is 0 Å². The van der Waals surface area contributed by atoms with Gasteiger partial charge in [0, 0.05) is 21.5 Å². The lowest BCUT2D eigenvalue weighted by atomic mass is 10.1. The first kappa shape index (κ1) is 14.6. The van der Waals surface area contributed by atoms with Crippen LogP contribution in [0.1, 0.15) is 20.8 Å². The molecule has 1 aromatic heterocycles. The monoisotopic (exact) mass is 357 g/mol. The van der Waals surface area contributed by atoms with E-state index < -0.39 is 0 Å². The summed E-state index contributed by atoms with van der Waals surface area (Å²) >= 11 is 10.8. The maximum Gasteiger partial charge on any atom is 0.251 e. The summed E-state index contributed by atoms with van der Waals surface area (Å²) in [6, 6.07) is 9.49. The fraction of sp³-hybridized carbons (Fsp3) is 0.214. The molecule has 0 spiro atoms. The molecule has 100 valence electrons. The van der Waals surface area contributed by atoms with Gasteiger partial charge < -0.3 is 5.32 Å². The second kappa shape index (κ2) is 6.55. The average Bonchev–Trinajstić information content (AvgIpc) is 2.78. The molecule has 0 saturated heterocycles. The summed E-state index contributed by atoms with van der Waals surface area (Å²) in [5.74, 6) is -0.0403. The number of carbonyl (C=O) groups is 1. The van der Waals surface area contributed by atoms with Crippen molar-refractivity contribution in [3.63, 3.8) is 0 Å². The van der Waals surface area contributed by atoms with Crippen molar-refractivity contribution >= 4 is 44.8 Å². The molecule has 1 aromatic carbocycles. The number of hydrogen-bond donors (Lipinski definition) is 1. The van der Waals surface area contributed by atoms with Crippen molar-refractivity contribution in [2.24, 2.45) is 0 Å². The zero-order valence-electron chi connectivity index (χ0n) is 10.4. The van der Waals surface area contributed by atoms with E-state index in [-0.39, 0.29) is 5.91 Å². The van der Waals surface area contributed by atoms with E-state index >= 15 is 0 Å². The van der Waals surface area contributed by atoms with E-state index in [4.69, 9.17) is 11.6 Å². The first-order valence-electron chi connectivity index (χ1n) is 5.85. The molecule has 0 fully saturated rings. The average molecular weight is 359 g/mol. The number of benzene rings is 1. The highest BCUT2D eigenvalue weighted by Gasteiger charge is 2.10. The summed E-state index contributed by atoms with van der Waals surface area (Å²) in [4.78, 5) is 13.2. The zero-order valence-corrected chi connectivity index (χ0v) is 13.5. The highest BCUT2D eigenvalue weighted by atomic mass is 79.9. The van der Waals surface area contributed by atoms with Crippen LogP contribution in [-0.2, 0) is 6.42 Å². The number of amides is 1. The Morgan fingerprint density at radius 1 is 1.37 bits per heavy atom. The Labute approximate surface area is 129 Å². The number of halogens is 2.